The van der Waals surface area contributed by atoms with Gasteiger partial charge in [0, 0.05) is 5.56 Å². The first-order chi connectivity index (χ1) is 7.86. The van der Waals surface area contributed by atoms with Crippen LogP contribution in [0.3, 0.4) is 0 Å². The molecule has 2 aromatic heterocycles. The third-order valence-electron chi connectivity index (χ3n) is 2.50. The third-order valence-corrected chi connectivity index (χ3v) is 3.19. The molecule has 16 heavy (non-hydrogen) atoms. The van der Waals surface area contributed by atoms with Crippen LogP contribution in [0.1, 0.15) is 0 Å². The molecule has 4 heteroatoms. The third kappa shape index (κ3) is 1.35. The molecule has 78 valence electrons. The van der Waals surface area contributed by atoms with Crippen LogP contribution < -0.4 is 5.56 Å². The number of nitrogens with zero attached hydrogens (tertiary/aromatic N) is 1. The number of thiophene rings is 1. The van der Waals surface area contributed by atoms with Crippen LogP contribution in [0.4, 0.5) is 0 Å². The van der Waals surface area contributed by atoms with Crippen LogP contribution in [0, 0.1) is 0 Å². The second kappa shape index (κ2) is 3.57. The molecule has 2 heterocycles. The first-order valence-corrected chi connectivity index (χ1v) is 5.79. The molecule has 3 aromatic rings. The number of hydrogen-bond donors (Lipinski definition) is 1. The van der Waals surface area contributed by atoms with Crippen molar-refractivity contribution in [3.8, 4) is 11.1 Å². The molecule has 0 unspecified atom stereocenters. The average Bonchev–Trinajstić information content (AvgIpc) is 2.82. The quantitative estimate of drug-likeness (QED) is 0.696. The Morgan fingerprint density at radius 2 is 2.19 bits per heavy atom. The van der Waals surface area contributed by atoms with Gasteiger partial charge in [0.2, 0.25) is 0 Å². The summed E-state index contributed by atoms with van der Waals surface area (Å²) >= 11 is 1.63. The molecule has 3 nitrogen and oxygen atoms in total. The summed E-state index contributed by atoms with van der Waals surface area (Å²) in [5, 5.41) is 4.70. The molecular formula is C12H8N2OS. The number of H-pyrrole nitrogens is 1. The van der Waals surface area contributed by atoms with E-state index in [4.69, 9.17) is 0 Å². The van der Waals surface area contributed by atoms with Crippen molar-refractivity contribution in [1.29, 1.82) is 0 Å². The molecule has 0 aliphatic carbocycles. The van der Waals surface area contributed by atoms with Crippen LogP contribution in [-0.2, 0) is 0 Å². The van der Waals surface area contributed by atoms with Gasteiger partial charge in [-0.1, -0.05) is 12.1 Å². The Hall–Kier alpha value is -1.94. The molecule has 3 rings (SSSR count). The minimum Gasteiger partial charge on any atom is -0.313 e. The lowest BCUT2D eigenvalue weighted by Crippen LogP contribution is -2.06. The van der Waals surface area contributed by atoms with Crippen molar-refractivity contribution in [2.75, 3.05) is 0 Å². The Balaban J connectivity index is 2.43. The van der Waals surface area contributed by atoms with Gasteiger partial charge in [0.15, 0.2) is 0 Å². The molecule has 1 N–H and O–H groups in total. The number of fused-ring (bicyclic) bond motifs is 1. The smallest absolute Gasteiger partial charge is 0.258 e. The fourth-order valence-electron chi connectivity index (χ4n) is 1.75. The van der Waals surface area contributed by atoms with E-state index < -0.39 is 0 Å². The number of para-hydroxylation sites is 1. The summed E-state index contributed by atoms with van der Waals surface area (Å²) in [6, 6.07) is 7.68. The highest BCUT2D eigenvalue weighted by Crippen LogP contribution is 2.26. The summed E-state index contributed by atoms with van der Waals surface area (Å²) in [4.78, 5) is 18.4. The Labute approximate surface area is 95.4 Å². The fraction of sp³-hybridized carbons (Fsp3) is 0. The number of benzene rings is 1. The van der Waals surface area contributed by atoms with E-state index in [1.807, 2.05) is 23.6 Å². The summed E-state index contributed by atoms with van der Waals surface area (Å²) in [6.07, 6.45) is 1.44. The van der Waals surface area contributed by atoms with Crippen molar-refractivity contribution in [3.63, 3.8) is 0 Å². The molecule has 0 saturated heterocycles. The summed E-state index contributed by atoms with van der Waals surface area (Å²) in [5.74, 6) is 0. The number of hydrogen-bond acceptors (Lipinski definition) is 3. The van der Waals surface area contributed by atoms with Gasteiger partial charge >= 0.3 is 0 Å². The Morgan fingerprint density at radius 1 is 1.25 bits per heavy atom. The van der Waals surface area contributed by atoms with Crippen molar-refractivity contribution in [3.05, 3.63) is 51.7 Å². The SMILES string of the molecule is O=c1[nH]cnc2c(-c3ccsc3)cccc12. The number of nitrogens with one attached hydrogen (secondary N) is 1. The summed E-state index contributed by atoms with van der Waals surface area (Å²) in [7, 11) is 0. The minimum atomic E-state index is -0.0953. The highest BCUT2D eigenvalue weighted by Gasteiger charge is 2.06. The van der Waals surface area contributed by atoms with E-state index in [0.29, 0.717) is 5.39 Å². The van der Waals surface area contributed by atoms with Crippen LogP contribution in [0.5, 0.6) is 0 Å². The predicted molar refractivity (Wildman–Crippen MR) is 65.7 cm³/mol. The van der Waals surface area contributed by atoms with Crippen molar-refractivity contribution in [2.45, 2.75) is 0 Å². The van der Waals surface area contributed by atoms with Crippen LogP contribution in [0.25, 0.3) is 22.0 Å². The van der Waals surface area contributed by atoms with Gasteiger partial charge in [-0.05, 0) is 28.5 Å². The average molecular weight is 228 g/mol. The zero-order valence-electron chi connectivity index (χ0n) is 8.31. The lowest BCUT2D eigenvalue weighted by Gasteiger charge is -2.02. The van der Waals surface area contributed by atoms with E-state index in [1.165, 1.54) is 6.33 Å². The van der Waals surface area contributed by atoms with Gasteiger partial charge in [-0.3, -0.25) is 4.79 Å². The molecule has 0 radical (unpaired) electrons. The molecule has 1 aromatic carbocycles. The molecule has 0 fully saturated rings. The molecular weight excluding hydrogens is 220 g/mol. The monoisotopic (exact) mass is 228 g/mol. The van der Waals surface area contributed by atoms with E-state index in [1.54, 1.807) is 17.4 Å². The van der Waals surface area contributed by atoms with E-state index in [0.717, 1.165) is 16.6 Å². The normalized spacial score (nSPS) is 10.8. The highest BCUT2D eigenvalue weighted by atomic mass is 32.1. The largest absolute Gasteiger partial charge is 0.313 e. The highest BCUT2D eigenvalue weighted by molar-refractivity contribution is 7.08. The Kier molecular flexibility index (Phi) is 2.08. The lowest BCUT2D eigenvalue weighted by molar-refractivity contribution is 1.17. The zero-order valence-corrected chi connectivity index (χ0v) is 9.12. The second-order valence-corrected chi connectivity index (χ2v) is 4.23. The van der Waals surface area contributed by atoms with Crippen LogP contribution in [0.15, 0.2) is 46.1 Å². The molecule has 0 bridgehead atoms. The van der Waals surface area contributed by atoms with Crippen molar-refractivity contribution >= 4 is 22.2 Å². The van der Waals surface area contributed by atoms with Crippen LogP contribution >= 0.6 is 11.3 Å². The van der Waals surface area contributed by atoms with Gasteiger partial charge in [-0.15, -0.1) is 0 Å². The van der Waals surface area contributed by atoms with Crippen LogP contribution in [-0.4, -0.2) is 9.97 Å². The summed E-state index contributed by atoms with van der Waals surface area (Å²) in [6.45, 7) is 0. The maximum Gasteiger partial charge on any atom is 0.258 e. The van der Waals surface area contributed by atoms with E-state index in [-0.39, 0.29) is 5.56 Å². The number of rotatable bonds is 1. The zero-order chi connectivity index (χ0) is 11.0. The predicted octanol–water partition coefficient (Wildman–Crippen LogP) is 2.65. The molecule has 0 spiro atoms. The number of aromatic amines is 1. The maximum absolute atomic E-state index is 11.6. The Morgan fingerprint density at radius 3 is 3.00 bits per heavy atom. The van der Waals surface area contributed by atoms with Crippen molar-refractivity contribution < 1.29 is 0 Å². The molecule has 0 aliphatic rings. The van der Waals surface area contributed by atoms with Gasteiger partial charge in [0.05, 0.1) is 17.2 Å². The first-order valence-electron chi connectivity index (χ1n) is 4.85. The lowest BCUT2D eigenvalue weighted by atomic mass is 10.1. The fourth-order valence-corrected chi connectivity index (χ4v) is 2.41. The van der Waals surface area contributed by atoms with E-state index in [2.05, 4.69) is 15.3 Å². The first kappa shape index (κ1) is 9.30. The Bertz CT molecular complexity index is 686. The second-order valence-electron chi connectivity index (χ2n) is 3.45. The summed E-state index contributed by atoms with van der Waals surface area (Å²) < 4.78 is 0. The van der Waals surface area contributed by atoms with Crippen molar-refractivity contribution in [2.24, 2.45) is 0 Å². The van der Waals surface area contributed by atoms with Crippen LogP contribution in [0.2, 0.25) is 0 Å². The number of aromatic nitrogens is 2. The molecule has 0 amide bonds. The van der Waals surface area contributed by atoms with Gasteiger partial charge < -0.3 is 4.98 Å². The maximum atomic E-state index is 11.6. The molecule has 0 aliphatic heterocycles. The van der Waals surface area contributed by atoms with Gasteiger partial charge in [-0.2, -0.15) is 11.3 Å². The topological polar surface area (TPSA) is 45.8 Å². The van der Waals surface area contributed by atoms with Crippen molar-refractivity contribution in [1.82, 2.24) is 9.97 Å². The van der Waals surface area contributed by atoms with Gasteiger partial charge in [0.25, 0.3) is 5.56 Å². The molecule has 0 atom stereocenters. The minimum absolute atomic E-state index is 0.0953. The standard InChI is InChI=1S/C12H8N2OS/c15-12-10-3-1-2-9(8-4-5-16-6-8)11(10)13-7-14-12/h1-7H,(H,13,14,15). The van der Waals surface area contributed by atoms with Gasteiger partial charge in [0.1, 0.15) is 0 Å². The van der Waals surface area contributed by atoms with Gasteiger partial charge in [-0.25, -0.2) is 4.98 Å². The van der Waals surface area contributed by atoms with E-state index in [9.17, 15) is 4.79 Å². The molecule has 0 saturated carbocycles. The summed E-state index contributed by atoms with van der Waals surface area (Å²) in [5.41, 5.74) is 2.77. The van der Waals surface area contributed by atoms with E-state index >= 15 is 0 Å².